The fraction of sp³-hybridized carbons (Fsp3) is 0.227. The highest BCUT2D eigenvalue weighted by Gasteiger charge is 2.13. The Morgan fingerprint density at radius 1 is 0.552 bits per heavy atom. The lowest BCUT2D eigenvalue weighted by atomic mass is 10.3. The number of nitrogens with zero attached hydrogens (tertiary/aromatic N) is 7. The van der Waals surface area contributed by atoms with E-state index in [0.717, 1.165) is 23.8 Å². The largest absolute Gasteiger partial charge is 0.494 e. The molecule has 6 heterocycles. The lowest BCUT2D eigenvalue weighted by Crippen LogP contribution is -1.95. The SMILES string of the molecule is C.C#CC.C#Cc1cnc(OC)c(OC)c1.COc1cc(Br)cnc1Br.COc1cc(Br)cnc1N.COc1cc(Br)cnc1OC.COc1cccnc1N.COc1cccnc1[N+](=O)[O-]. The van der Waals surface area contributed by atoms with Gasteiger partial charge in [0, 0.05) is 62.1 Å². The minimum Gasteiger partial charge on any atom is -0.494 e. The van der Waals surface area contributed by atoms with Crippen molar-refractivity contribution in [3.8, 4) is 70.9 Å². The summed E-state index contributed by atoms with van der Waals surface area (Å²) >= 11 is 13.0. The maximum atomic E-state index is 10.2. The summed E-state index contributed by atoms with van der Waals surface area (Å²) in [5, 5.41) is 10.2. The normalized spacial score (nSPS) is 8.76. The highest BCUT2D eigenvalue weighted by Crippen LogP contribution is 2.28. The zero-order valence-corrected chi connectivity index (χ0v) is 43.5. The molecule has 0 aliphatic rings. The number of aromatic nitrogens is 6. The van der Waals surface area contributed by atoms with Crippen LogP contribution in [0.2, 0.25) is 0 Å². The molecule has 0 atom stereocenters. The lowest BCUT2D eigenvalue weighted by molar-refractivity contribution is -0.390. The van der Waals surface area contributed by atoms with Crippen molar-refractivity contribution in [1.29, 1.82) is 0 Å². The first-order chi connectivity index (χ1) is 31.6. The Morgan fingerprint density at radius 2 is 0.955 bits per heavy atom. The fourth-order valence-corrected chi connectivity index (χ4v) is 5.22. The molecule has 6 rings (SSSR count). The predicted octanol–water partition coefficient (Wildman–Crippen LogP) is 9.94. The highest BCUT2D eigenvalue weighted by molar-refractivity contribution is 9.11. The van der Waals surface area contributed by atoms with Crippen molar-refractivity contribution < 1.29 is 42.8 Å². The second-order valence-electron chi connectivity index (χ2n) is 11.0. The van der Waals surface area contributed by atoms with Crippen LogP contribution in [0.15, 0.2) is 104 Å². The number of hydrogen-bond donors (Lipinski definition) is 2. The topological polar surface area (TPSA) is 246 Å². The molecule has 0 fully saturated rings. The molecule has 0 aliphatic carbocycles. The van der Waals surface area contributed by atoms with Crippen molar-refractivity contribution >= 4 is 81.2 Å². The number of nitro groups is 1. The highest BCUT2D eigenvalue weighted by atomic mass is 79.9. The molecule has 19 nitrogen and oxygen atoms in total. The van der Waals surface area contributed by atoms with Crippen molar-refractivity contribution in [1.82, 2.24) is 29.9 Å². The van der Waals surface area contributed by atoms with Gasteiger partial charge in [0.05, 0.1) is 56.9 Å². The summed E-state index contributed by atoms with van der Waals surface area (Å²) in [6, 6.07) is 13.7. The summed E-state index contributed by atoms with van der Waals surface area (Å²) in [6.45, 7) is 1.65. The van der Waals surface area contributed by atoms with Crippen molar-refractivity contribution in [3.63, 3.8) is 0 Å². The van der Waals surface area contributed by atoms with Crippen molar-refractivity contribution in [2.75, 3.05) is 68.3 Å². The number of terminal acetylenes is 2. The number of halogens is 4. The Kier molecular flexibility index (Phi) is 34.1. The van der Waals surface area contributed by atoms with Gasteiger partial charge in [0.25, 0.3) is 11.8 Å². The molecular weight excluding hydrogens is 1130 g/mol. The van der Waals surface area contributed by atoms with E-state index in [1.807, 2.05) is 6.07 Å². The van der Waals surface area contributed by atoms with Gasteiger partial charge in [-0.1, -0.05) is 13.3 Å². The predicted molar refractivity (Wildman–Crippen MR) is 273 cm³/mol. The van der Waals surface area contributed by atoms with Crippen molar-refractivity contribution in [2.45, 2.75) is 14.4 Å². The molecule has 23 heteroatoms. The Hall–Kier alpha value is -6.66. The molecule has 4 N–H and O–H groups in total. The number of nitrogen functional groups attached to an aromatic ring is 2. The number of ether oxygens (including phenoxy) is 8. The van der Waals surface area contributed by atoms with E-state index in [-0.39, 0.29) is 19.0 Å². The summed E-state index contributed by atoms with van der Waals surface area (Å²) in [4.78, 5) is 32.8. The molecule has 360 valence electrons. The van der Waals surface area contributed by atoms with Crippen molar-refractivity contribution in [2.24, 2.45) is 0 Å². The van der Waals surface area contributed by atoms with Gasteiger partial charge in [0.15, 0.2) is 40.4 Å². The van der Waals surface area contributed by atoms with E-state index in [1.165, 1.54) is 26.5 Å². The average Bonchev–Trinajstić information content (AvgIpc) is 3.34. The molecule has 0 saturated carbocycles. The number of anilines is 2. The second-order valence-corrected chi connectivity index (χ2v) is 14.5. The number of methoxy groups -OCH3 is 8. The molecule has 0 radical (unpaired) electrons. The molecule has 0 bridgehead atoms. The van der Waals surface area contributed by atoms with Gasteiger partial charge < -0.3 is 59.5 Å². The molecule has 6 aromatic heterocycles. The summed E-state index contributed by atoms with van der Waals surface area (Å²) in [5.74, 6) is 9.53. The third-order valence-electron chi connectivity index (χ3n) is 6.82. The first kappa shape index (κ1) is 62.4. The van der Waals surface area contributed by atoms with Crippen LogP contribution in [0.3, 0.4) is 0 Å². The summed E-state index contributed by atoms with van der Waals surface area (Å²) in [6.07, 6.45) is 19.3. The summed E-state index contributed by atoms with van der Waals surface area (Å²) < 4.78 is 42.7. The summed E-state index contributed by atoms with van der Waals surface area (Å²) in [7, 11) is 12.3. The molecule has 0 spiro atoms. The van der Waals surface area contributed by atoms with Crippen LogP contribution in [0.4, 0.5) is 17.5 Å². The third kappa shape index (κ3) is 24.4. The maximum Gasteiger partial charge on any atom is 0.406 e. The van der Waals surface area contributed by atoms with Crippen LogP contribution < -0.4 is 49.4 Å². The summed E-state index contributed by atoms with van der Waals surface area (Å²) in [5.41, 5.74) is 11.5. The monoisotopic (exact) mass is 1180 g/mol. The van der Waals surface area contributed by atoms with E-state index < -0.39 is 4.92 Å². The van der Waals surface area contributed by atoms with E-state index in [4.69, 9.17) is 55.8 Å². The van der Waals surface area contributed by atoms with E-state index in [0.29, 0.717) is 52.0 Å². The lowest BCUT2D eigenvalue weighted by Gasteiger charge is -2.05. The van der Waals surface area contributed by atoms with E-state index in [1.54, 1.807) is 117 Å². The van der Waals surface area contributed by atoms with E-state index in [9.17, 15) is 10.1 Å². The van der Waals surface area contributed by atoms with Crippen LogP contribution in [-0.4, -0.2) is 91.7 Å². The first-order valence-electron chi connectivity index (χ1n) is 17.9. The van der Waals surface area contributed by atoms with Crippen LogP contribution >= 0.6 is 63.7 Å². The molecule has 0 amide bonds. The van der Waals surface area contributed by atoms with Gasteiger partial charge in [-0.3, -0.25) is 0 Å². The molecular formula is C44H51Br4N9O10. The van der Waals surface area contributed by atoms with Gasteiger partial charge in [-0.2, -0.15) is 0 Å². The van der Waals surface area contributed by atoms with Gasteiger partial charge >= 0.3 is 5.82 Å². The molecule has 0 unspecified atom stereocenters. The van der Waals surface area contributed by atoms with Gasteiger partial charge in [-0.05, 0) is 117 Å². The molecule has 0 saturated heterocycles. The Bertz CT molecular complexity index is 2410. The number of nitrogens with two attached hydrogens (primary N) is 2. The fourth-order valence-electron chi connectivity index (χ4n) is 3.91. The smallest absolute Gasteiger partial charge is 0.406 e. The standard InChI is InChI=1S/C9H9NO2.C7H8BrNO2.C6H5Br2NO.C6H7BrN2O.C6H6N2O3.C6H8N2O.C3H4.CH4/c1-4-7-5-8(11-2)9(12-3)10-6-7;1-10-6-3-5(8)4-9-7(6)11-2;2*1-10-5-2-4(7)3-9-6(5)8;1-11-5-3-2-4-7-6(5)8(9)10;1-9-5-3-2-4-8-6(5)7;1-3-2;/h1,5-6H,2-3H3;3-4H,1-2H3;2-3H,1H3;2-3H,1H3,(H2,8,9);2-4H,1H3;2-4H,1H3,(H2,7,8);1H,2H3;1H4. The first-order valence-corrected chi connectivity index (χ1v) is 21.1. The molecule has 0 aromatic carbocycles. The van der Waals surface area contributed by atoms with E-state index in [2.05, 4.69) is 112 Å². The number of pyridine rings is 6. The van der Waals surface area contributed by atoms with Gasteiger partial charge in [-0.25, -0.2) is 24.9 Å². The number of hydrogen-bond acceptors (Lipinski definition) is 18. The molecule has 6 aromatic rings. The second kappa shape index (κ2) is 36.5. The third-order valence-corrected chi connectivity index (χ3v) is 8.72. The zero-order chi connectivity index (χ0) is 50.0. The molecule has 67 heavy (non-hydrogen) atoms. The molecule has 0 aliphatic heterocycles. The minimum atomic E-state index is -0.584. The van der Waals surface area contributed by atoms with Crippen LogP contribution in [0.5, 0.6) is 46.3 Å². The average molecular weight is 1190 g/mol. The van der Waals surface area contributed by atoms with Crippen LogP contribution in [-0.2, 0) is 0 Å². The van der Waals surface area contributed by atoms with Gasteiger partial charge in [0.1, 0.15) is 10.8 Å². The quantitative estimate of drug-likeness (QED) is 0.0591. The van der Waals surface area contributed by atoms with Crippen LogP contribution in [0, 0.1) is 34.8 Å². The Balaban J connectivity index is 0. The van der Waals surface area contributed by atoms with Crippen LogP contribution in [0.25, 0.3) is 0 Å². The minimum absolute atomic E-state index is 0. The Labute approximate surface area is 424 Å². The van der Waals surface area contributed by atoms with Gasteiger partial charge in [-0.15, -0.1) is 18.8 Å². The zero-order valence-electron chi connectivity index (χ0n) is 37.1. The van der Waals surface area contributed by atoms with Gasteiger partial charge in [0.2, 0.25) is 5.75 Å². The maximum absolute atomic E-state index is 10.2. The number of rotatable bonds is 9. The van der Waals surface area contributed by atoms with Crippen molar-refractivity contribution in [3.05, 3.63) is 119 Å². The van der Waals surface area contributed by atoms with Crippen LogP contribution in [0.1, 0.15) is 19.9 Å². The van der Waals surface area contributed by atoms with E-state index >= 15 is 0 Å². The Morgan fingerprint density at radius 3 is 1.36 bits per heavy atom.